The van der Waals surface area contributed by atoms with Gasteiger partial charge in [-0.3, -0.25) is 9.34 Å². The third kappa shape index (κ3) is 2.87. The largest absolute Gasteiger partial charge is 0.285 e. The maximum Gasteiger partial charge on any atom is 0.0263 e. The minimum Gasteiger partial charge on any atom is -0.285 e. The molecule has 2 nitrogen and oxygen atoms in total. The van der Waals surface area contributed by atoms with Gasteiger partial charge in [-0.2, -0.15) is 0 Å². The molecule has 1 saturated heterocycles. The van der Waals surface area contributed by atoms with Crippen LogP contribution in [0.5, 0.6) is 0 Å². The molecule has 1 heterocycles. The molecule has 1 aliphatic heterocycles. The highest BCUT2D eigenvalue weighted by atomic mass is 32.0. The molecule has 4 atom stereocenters. The number of hydrogen-bond acceptors (Lipinski definition) is 2. The Balaban J connectivity index is 2.41. The number of piperazine rings is 1. The zero-order chi connectivity index (χ0) is 8.27. The first-order valence-corrected chi connectivity index (χ1v) is 7.27. The number of nitrogens with zero attached hydrogens (tertiary/aromatic N) is 2. The minimum atomic E-state index is 0.775. The Bertz CT molecular complexity index is 122. The van der Waals surface area contributed by atoms with Crippen LogP contribution < -0.4 is 0 Å². The first-order valence-electron chi connectivity index (χ1n) is 4.00. The van der Waals surface area contributed by atoms with Crippen molar-refractivity contribution in [2.45, 2.75) is 19.4 Å². The van der Waals surface area contributed by atoms with E-state index in [0.29, 0.717) is 0 Å². The van der Waals surface area contributed by atoms with Crippen LogP contribution in [-0.4, -0.2) is 35.0 Å². The van der Waals surface area contributed by atoms with Crippen molar-refractivity contribution in [3.8, 4) is 0 Å². The van der Waals surface area contributed by atoms with Gasteiger partial charge < -0.3 is 0 Å². The maximum absolute atomic E-state index is 2.84. The summed E-state index contributed by atoms with van der Waals surface area (Å²) in [4.78, 5) is 0. The van der Waals surface area contributed by atoms with E-state index in [2.05, 4.69) is 34.6 Å². The molecule has 0 saturated carbocycles. The first-order chi connectivity index (χ1) is 5.27. The second-order valence-electron chi connectivity index (χ2n) is 2.88. The Morgan fingerprint density at radius 3 is 2.82 bits per heavy atom. The van der Waals surface area contributed by atoms with Crippen molar-refractivity contribution < 1.29 is 0 Å². The fourth-order valence-corrected chi connectivity index (χ4v) is 3.48. The van der Waals surface area contributed by atoms with E-state index in [4.69, 9.17) is 0 Å². The topological polar surface area (TPSA) is 6.48 Å². The summed E-state index contributed by atoms with van der Waals surface area (Å²) in [5, 5.41) is 0. The Labute approximate surface area is 75.7 Å². The minimum absolute atomic E-state index is 0.775. The summed E-state index contributed by atoms with van der Waals surface area (Å²) >= 11 is 0. The molecule has 11 heavy (non-hydrogen) atoms. The smallest absolute Gasteiger partial charge is 0.0263 e. The molecule has 0 aromatic rings. The van der Waals surface area contributed by atoms with E-state index in [-0.39, 0.29) is 0 Å². The van der Waals surface area contributed by atoms with Crippen LogP contribution in [0.1, 0.15) is 13.3 Å². The molecule has 1 aliphatic rings. The molecule has 1 fully saturated rings. The molecule has 0 radical (unpaired) electrons. The predicted octanol–water partition coefficient (Wildman–Crippen LogP) is 1.56. The second-order valence-corrected chi connectivity index (χ2v) is 5.22. The van der Waals surface area contributed by atoms with E-state index in [0.717, 1.165) is 14.5 Å². The van der Waals surface area contributed by atoms with E-state index < -0.39 is 0 Å². The number of hydrogen-bond donors (Lipinski definition) is 0. The Morgan fingerprint density at radius 1 is 1.55 bits per heavy atom. The molecule has 0 amide bonds. The van der Waals surface area contributed by atoms with Crippen molar-refractivity contribution >= 4 is 26.7 Å². The molecule has 0 aliphatic carbocycles. The predicted molar refractivity (Wildman–Crippen MR) is 60.1 cm³/mol. The monoisotopic (exact) mass is 210 g/mol. The highest BCUT2D eigenvalue weighted by Gasteiger charge is 2.21. The van der Waals surface area contributed by atoms with E-state index >= 15 is 0 Å². The zero-order valence-electron chi connectivity index (χ0n) is 6.95. The van der Waals surface area contributed by atoms with E-state index in [9.17, 15) is 0 Å². The van der Waals surface area contributed by atoms with Gasteiger partial charge in [0, 0.05) is 25.7 Å². The van der Waals surface area contributed by atoms with Crippen LogP contribution in [0.3, 0.4) is 0 Å². The van der Waals surface area contributed by atoms with Crippen molar-refractivity contribution in [2.75, 3.05) is 19.6 Å². The van der Waals surface area contributed by atoms with Crippen LogP contribution in [-0.2, 0) is 0 Å². The quantitative estimate of drug-likeness (QED) is 0.638. The van der Waals surface area contributed by atoms with Crippen molar-refractivity contribution in [1.29, 1.82) is 0 Å². The van der Waals surface area contributed by atoms with Gasteiger partial charge in [0.05, 0.1) is 0 Å². The van der Waals surface area contributed by atoms with Gasteiger partial charge in [-0.05, 0) is 14.8 Å². The molecule has 0 aromatic heterocycles. The van der Waals surface area contributed by atoms with Gasteiger partial charge in [0.15, 0.2) is 0 Å². The van der Waals surface area contributed by atoms with Crippen LogP contribution in [0.25, 0.3) is 0 Å². The molecule has 4 unspecified atom stereocenters. The lowest BCUT2D eigenvalue weighted by molar-refractivity contribution is 0.219. The molecule has 66 valence electrons. The van der Waals surface area contributed by atoms with Gasteiger partial charge in [-0.25, -0.2) is 0 Å². The van der Waals surface area contributed by atoms with Crippen LogP contribution in [0.2, 0.25) is 0 Å². The summed E-state index contributed by atoms with van der Waals surface area (Å²) in [7, 11) is 6.54. The average Bonchev–Trinajstić information content (AvgIpc) is 2.04. The standard InChI is InChI=1S/C6H17N2P3/c1-2-6-5-7(9)3-4-8(6)11-10/h6,11H,2-5,9-10H2,1H3. The normalized spacial score (nSPS) is 30.3. The summed E-state index contributed by atoms with van der Waals surface area (Å²) in [5.74, 6) is 0. The summed E-state index contributed by atoms with van der Waals surface area (Å²) in [6.07, 6.45) is 1.27. The molecule has 5 heteroatoms. The highest BCUT2D eigenvalue weighted by Crippen LogP contribution is 2.32. The Hall–Kier alpha value is 1.21. The fraction of sp³-hybridized carbons (Fsp3) is 1.00. The van der Waals surface area contributed by atoms with E-state index in [1.165, 1.54) is 26.1 Å². The average molecular weight is 210 g/mol. The third-order valence-corrected chi connectivity index (χ3v) is 4.54. The molecule has 1 rings (SSSR count). The van der Waals surface area contributed by atoms with Gasteiger partial charge in [0.1, 0.15) is 0 Å². The molecule has 0 aromatic carbocycles. The molecular weight excluding hydrogens is 193 g/mol. The summed E-state index contributed by atoms with van der Waals surface area (Å²) in [6, 6.07) is 0.775. The van der Waals surface area contributed by atoms with Crippen LogP contribution in [0, 0.1) is 0 Å². The summed E-state index contributed by atoms with van der Waals surface area (Å²) < 4.78 is 4.90. The van der Waals surface area contributed by atoms with E-state index in [1.807, 2.05) is 0 Å². The Morgan fingerprint density at radius 2 is 2.27 bits per heavy atom. The highest BCUT2D eigenvalue weighted by molar-refractivity contribution is 8.01. The van der Waals surface area contributed by atoms with E-state index in [1.54, 1.807) is 0 Å². The fourth-order valence-electron chi connectivity index (χ4n) is 1.40. The van der Waals surface area contributed by atoms with Gasteiger partial charge in [0.2, 0.25) is 0 Å². The van der Waals surface area contributed by atoms with Crippen LogP contribution in [0.15, 0.2) is 0 Å². The van der Waals surface area contributed by atoms with Crippen molar-refractivity contribution in [3.63, 3.8) is 0 Å². The van der Waals surface area contributed by atoms with Crippen LogP contribution >= 0.6 is 26.7 Å². The van der Waals surface area contributed by atoms with Gasteiger partial charge in [-0.15, -0.1) is 0 Å². The first kappa shape index (κ1) is 10.3. The third-order valence-electron chi connectivity index (χ3n) is 2.15. The molecule has 0 spiro atoms. The van der Waals surface area contributed by atoms with Crippen molar-refractivity contribution in [1.82, 2.24) is 9.34 Å². The summed E-state index contributed by atoms with van der Waals surface area (Å²) in [6.45, 7) is 5.90. The van der Waals surface area contributed by atoms with Crippen molar-refractivity contribution in [3.05, 3.63) is 0 Å². The zero-order valence-corrected chi connectivity index (χ0v) is 10.3. The van der Waals surface area contributed by atoms with Gasteiger partial charge >= 0.3 is 0 Å². The van der Waals surface area contributed by atoms with Gasteiger partial charge in [-0.1, -0.05) is 25.2 Å². The van der Waals surface area contributed by atoms with Gasteiger partial charge in [0.25, 0.3) is 0 Å². The number of rotatable bonds is 2. The lowest BCUT2D eigenvalue weighted by Crippen LogP contribution is -2.45. The van der Waals surface area contributed by atoms with Crippen LogP contribution in [0.4, 0.5) is 0 Å². The second kappa shape index (κ2) is 5.05. The molecule has 0 bridgehead atoms. The SMILES string of the molecule is CCC1CN(P)CCN1PP. The maximum atomic E-state index is 2.84. The molecule has 0 N–H and O–H groups in total. The summed E-state index contributed by atoms with van der Waals surface area (Å²) in [5.41, 5.74) is 0. The lowest BCUT2D eigenvalue weighted by atomic mass is 10.2. The van der Waals surface area contributed by atoms with Crippen molar-refractivity contribution in [2.24, 2.45) is 0 Å². The lowest BCUT2D eigenvalue weighted by Gasteiger charge is -2.38. The molecular formula is C6H17N2P3. The Kier molecular flexibility index (Phi) is 4.73.